The highest BCUT2D eigenvalue weighted by molar-refractivity contribution is 5.63. The molecule has 0 fully saturated rings. The fraction of sp³-hybridized carbons (Fsp3) is 0.467. The standard InChI is InChI=1S/C30H41N/c1-3-5-7-8-9-17-23-31-29(24-26-18-13-10-14-19-26)28(22-12-6-4-2)25-30(31)27-20-15-11-16-21-27/h10-11,13-16,18-21,25H,3-9,12,17,22-24H2,1-2H3. The monoisotopic (exact) mass is 415 g/mol. The van der Waals surface area contributed by atoms with Crippen molar-refractivity contribution in [3.63, 3.8) is 0 Å². The number of rotatable bonds is 14. The van der Waals surface area contributed by atoms with Crippen molar-refractivity contribution in [3.05, 3.63) is 83.6 Å². The Morgan fingerprint density at radius 1 is 0.645 bits per heavy atom. The van der Waals surface area contributed by atoms with Crippen LogP contribution in [0.15, 0.2) is 66.7 Å². The van der Waals surface area contributed by atoms with E-state index in [0.717, 1.165) is 13.0 Å². The number of benzene rings is 2. The summed E-state index contributed by atoms with van der Waals surface area (Å²) >= 11 is 0. The molecule has 1 nitrogen and oxygen atoms in total. The molecule has 0 radical (unpaired) electrons. The number of unbranched alkanes of at least 4 members (excludes halogenated alkanes) is 7. The Balaban J connectivity index is 1.89. The molecule has 1 heteroatoms. The highest BCUT2D eigenvalue weighted by atomic mass is 15.0. The molecule has 1 heterocycles. The Morgan fingerprint density at radius 2 is 1.26 bits per heavy atom. The van der Waals surface area contributed by atoms with Gasteiger partial charge in [0.05, 0.1) is 0 Å². The third-order valence-corrected chi connectivity index (χ3v) is 6.37. The Kier molecular flexibility index (Phi) is 9.96. The van der Waals surface area contributed by atoms with Gasteiger partial charge in [0, 0.05) is 24.4 Å². The normalized spacial score (nSPS) is 11.2. The molecule has 0 amide bonds. The topological polar surface area (TPSA) is 4.93 Å². The van der Waals surface area contributed by atoms with Gasteiger partial charge in [-0.3, -0.25) is 0 Å². The fourth-order valence-electron chi connectivity index (χ4n) is 4.58. The summed E-state index contributed by atoms with van der Waals surface area (Å²) in [7, 11) is 0. The molecule has 0 aliphatic rings. The van der Waals surface area contributed by atoms with Gasteiger partial charge in [-0.25, -0.2) is 0 Å². The third kappa shape index (κ3) is 7.13. The average molecular weight is 416 g/mol. The van der Waals surface area contributed by atoms with E-state index in [0.29, 0.717) is 0 Å². The van der Waals surface area contributed by atoms with E-state index in [2.05, 4.69) is 85.1 Å². The van der Waals surface area contributed by atoms with Crippen molar-refractivity contribution in [2.24, 2.45) is 0 Å². The summed E-state index contributed by atoms with van der Waals surface area (Å²) in [6, 6.07) is 24.5. The molecule has 0 N–H and O–H groups in total. The lowest BCUT2D eigenvalue weighted by atomic mass is 10.0. The second-order valence-electron chi connectivity index (χ2n) is 8.91. The van der Waals surface area contributed by atoms with Gasteiger partial charge in [0.25, 0.3) is 0 Å². The van der Waals surface area contributed by atoms with Crippen LogP contribution in [0.5, 0.6) is 0 Å². The zero-order chi connectivity index (χ0) is 21.7. The first-order chi connectivity index (χ1) is 15.3. The molecule has 0 aliphatic carbocycles. The molecule has 31 heavy (non-hydrogen) atoms. The van der Waals surface area contributed by atoms with Gasteiger partial charge < -0.3 is 4.57 Å². The molecule has 1 aromatic heterocycles. The molecule has 3 rings (SSSR count). The minimum absolute atomic E-state index is 1.03. The molecule has 0 atom stereocenters. The van der Waals surface area contributed by atoms with E-state index in [-0.39, 0.29) is 0 Å². The maximum absolute atomic E-state index is 2.66. The molecule has 0 saturated carbocycles. The van der Waals surface area contributed by atoms with Gasteiger partial charge in [-0.15, -0.1) is 0 Å². The van der Waals surface area contributed by atoms with Crippen molar-refractivity contribution in [3.8, 4) is 11.3 Å². The average Bonchev–Trinajstić information content (AvgIpc) is 3.15. The SMILES string of the molecule is CCCCCCCCn1c(-c2ccccc2)cc(CCCCC)c1Cc1ccccc1. The van der Waals surface area contributed by atoms with Crippen LogP contribution < -0.4 is 0 Å². The van der Waals surface area contributed by atoms with Crippen molar-refractivity contribution in [2.75, 3.05) is 0 Å². The number of aromatic nitrogens is 1. The molecular weight excluding hydrogens is 374 g/mol. The molecular formula is C30H41N. The zero-order valence-electron chi connectivity index (χ0n) is 19.8. The minimum Gasteiger partial charge on any atom is -0.344 e. The van der Waals surface area contributed by atoms with Gasteiger partial charge in [0.15, 0.2) is 0 Å². The summed E-state index contributed by atoms with van der Waals surface area (Å²) in [5, 5.41) is 0. The van der Waals surface area contributed by atoms with E-state index in [1.54, 1.807) is 5.56 Å². The molecule has 0 bridgehead atoms. The number of hydrogen-bond acceptors (Lipinski definition) is 0. The zero-order valence-corrected chi connectivity index (χ0v) is 19.8. The van der Waals surface area contributed by atoms with E-state index in [9.17, 15) is 0 Å². The lowest BCUT2D eigenvalue weighted by Crippen LogP contribution is -2.07. The molecule has 2 aromatic carbocycles. The van der Waals surface area contributed by atoms with Crippen LogP contribution in [-0.2, 0) is 19.4 Å². The molecule has 0 spiro atoms. The molecule has 166 valence electrons. The second-order valence-corrected chi connectivity index (χ2v) is 8.91. The van der Waals surface area contributed by atoms with Crippen molar-refractivity contribution in [1.29, 1.82) is 0 Å². The van der Waals surface area contributed by atoms with E-state index < -0.39 is 0 Å². The van der Waals surface area contributed by atoms with Crippen LogP contribution in [0.2, 0.25) is 0 Å². The first-order valence-corrected chi connectivity index (χ1v) is 12.6. The second kappa shape index (κ2) is 13.2. The van der Waals surface area contributed by atoms with Crippen LogP contribution in [0.4, 0.5) is 0 Å². The largest absolute Gasteiger partial charge is 0.344 e. The van der Waals surface area contributed by atoms with Gasteiger partial charge in [-0.1, -0.05) is 119 Å². The summed E-state index contributed by atoms with van der Waals surface area (Å²) in [5.74, 6) is 0. The first-order valence-electron chi connectivity index (χ1n) is 12.6. The third-order valence-electron chi connectivity index (χ3n) is 6.37. The Morgan fingerprint density at radius 3 is 1.97 bits per heavy atom. The quantitative estimate of drug-likeness (QED) is 0.232. The van der Waals surface area contributed by atoms with Gasteiger partial charge in [-0.2, -0.15) is 0 Å². The predicted molar refractivity (Wildman–Crippen MR) is 136 cm³/mol. The van der Waals surface area contributed by atoms with Crippen LogP contribution >= 0.6 is 0 Å². The summed E-state index contributed by atoms with van der Waals surface area (Å²) in [5.41, 5.74) is 7.27. The number of nitrogens with zero attached hydrogens (tertiary/aromatic N) is 1. The minimum atomic E-state index is 1.03. The molecule has 3 aromatic rings. The van der Waals surface area contributed by atoms with Crippen LogP contribution in [0.3, 0.4) is 0 Å². The maximum Gasteiger partial charge on any atom is 0.0485 e. The van der Waals surface area contributed by atoms with Gasteiger partial charge >= 0.3 is 0 Å². The van der Waals surface area contributed by atoms with Crippen LogP contribution in [0.1, 0.15) is 88.5 Å². The number of aryl methyl sites for hydroxylation is 1. The molecule has 0 aliphatic heterocycles. The van der Waals surface area contributed by atoms with Gasteiger partial charge in [0.1, 0.15) is 0 Å². The summed E-state index contributed by atoms with van der Waals surface area (Å²) in [6.45, 7) is 5.72. The Hall–Kier alpha value is -2.28. The molecule has 0 unspecified atom stereocenters. The first kappa shape index (κ1) is 23.4. The highest BCUT2D eigenvalue weighted by Gasteiger charge is 2.16. The van der Waals surface area contributed by atoms with Gasteiger partial charge in [-0.05, 0) is 42.0 Å². The smallest absolute Gasteiger partial charge is 0.0485 e. The Labute approximate surface area is 190 Å². The maximum atomic E-state index is 2.66. The predicted octanol–water partition coefficient (Wildman–Crippen LogP) is 8.84. The molecule has 0 saturated heterocycles. The van der Waals surface area contributed by atoms with Crippen molar-refractivity contribution in [2.45, 2.75) is 91.0 Å². The van der Waals surface area contributed by atoms with E-state index >= 15 is 0 Å². The van der Waals surface area contributed by atoms with E-state index in [1.807, 2.05) is 0 Å². The van der Waals surface area contributed by atoms with Crippen molar-refractivity contribution >= 4 is 0 Å². The fourth-order valence-corrected chi connectivity index (χ4v) is 4.58. The van der Waals surface area contributed by atoms with Crippen LogP contribution in [-0.4, -0.2) is 4.57 Å². The van der Waals surface area contributed by atoms with E-state index in [1.165, 1.54) is 86.7 Å². The summed E-state index contributed by atoms with van der Waals surface area (Å²) in [4.78, 5) is 0. The Bertz CT molecular complexity index is 860. The van der Waals surface area contributed by atoms with Crippen LogP contribution in [0.25, 0.3) is 11.3 Å². The lowest BCUT2D eigenvalue weighted by Gasteiger charge is -2.15. The summed E-state index contributed by atoms with van der Waals surface area (Å²) in [6.07, 6.45) is 14.2. The lowest BCUT2D eigenvalue weighted by molar-refractivity contribution is 0.552. The summed E-state index contributed by atoms with van der Waals surface area (Å²) < 4.78 is 2.66. The van der Waals surface area contributed by atoms with Crippen molar-refractivity contribution in [1.82, 2.24) is 4.57 Å². The van der Waals surface area contributed by atoms with E-state index in [4.69, 9.17) is 0 Å². The van der Waals surface area contributed by atoms with Gasteiger partial charge in [0.2, 0.25) is 0 Å². The van der Waals surface area contributed by atoms with Crippen LogP contribution in [0, 0.1) is 0 Å². The number of hydrogen-bond donors (Lipinski definition) is 0. The highest BCUT2D eigenvalue weighted by Crippen LogP contribution is 2.30. The van der Waals surface area contributed by atoms with Crippen molar-refractivity contribution < 1.29 is 0 Å².